The van der Waals surface area contributed by atoms with Crippen LogP contribution in [0.25, 0.3) is 0 Å². The molecule has 1 aromatic carbocycles. The molecule has 6 heteroatoms. The van der Waals surface area contributed by atoms with Gasteiger partial charge in [-0.25, -0.2) is 13.1 Å². The molecule has 1 fully saturated rings. The summed E-state index contributed by atoms with van der Waals surface area (Å²) >= 11 is 0. The molecule has 1 aliphatic rings. The fourth-order valence-electron chi connectivity index (χ4n) is 2.29. The summed E-state index contributed by atoms with van der Waals surface area (Å²) in [5, 5.41) is 6.68. The first-order chi connectivity index (χ1) is 9.13. The van der Waals surface area contributed by atoms with Gasteiger partial charge in [0.15, 0.2) is 0 Å². The fourth-order valence-corrected chi connectivity index (χ4v) is 3.20. The Balaban J connectivity index is 2.07. The lowest BCUT2D eigenvalue weighted by atomic mass is 10.1. The van der Waals surface area contributed by atoms with E-state index in [4.69, 9.17) is 0 Å². The summed E-state index contributed by atoms with van der Waals surface area (Å²) in [7, 11) is -1.99. The minimum absolute atomic E-state index is 0.299. The number of nitrogens with one attached hydrogen (secondary N) is 3. The first-order valence-corrected chi connectivity index (χ1v) is 8.11. The predicted molar refractivity (Wildman–Crippen MR) is 76.8 cm³/mol. The number of hydrogen-bond donors (Lipinski definition) is 3. The fraction of sp³-hybridized carbons (Fsp3) is 0.538. The molecular weight excluding hydrogens is 262 g/mol. The van der Waals surface area contributed by atoms with Crippen LogP contribution in [0.2, 0.25) is 0 Å². The summed E-state index contributed by atoms with van der Waals surface area (Å²) < 4.78 is 26.2. The van der Waals surface area contributed by atoms with Crippen LogP contribution in [0.3, 0.4) is 0 Å². The Morgan fingerprint density at radius 2 is 2.11 bits per heavy atom. The SMILES string of the molecule is CNS(=O)(=O)c1ccccc1NCC1CCCCN1. The number of sulfonamides is 1. The monoisotopic (exact) mass is 283 g/mol. The van der Waals surface area contributed by atoms with Crippen LogP contribution < -0.4 is 15.4 Å². The van der Waals surface area contributed by atoms with E-state index in [0.717, 1.165) is 19.5 Å². The van der Waals surface area contributed by atoms with Crippen molar-refractivity contribution >= 4 is 15.7 Å². The van der Waals surface area contributed by atoms with Crippen LogP contribution in [0.4, 0.5) is 5.69 Å². The van der Waals surface area contributed by atoms with Crippen molar-refractivity contribution < 1.29 is 8.42 Å². The van der Waals surface area contributed by atoms with Crippen molar-refractivity contribution in [3.05, 3.63) is 24.3 Å². The van der Waals surface area contributed by atoms with Crippen LogP contribution in [0.1, 0.15) is 19.3 Å². The molecule has 1 atom stereocenters. The minimum atomic E-state index is -3.41. The first kappa shape index (κ1) is 14.3. The summed E-state index contributed by atoms with van der Waals surface area (Å²) in [5.74, 6) is 0. The second kappa shape index (κ2) is 6.36. The summed E-state index contributed by atoms with van der Waals surface area (Å²) in [5.41, 5.74) is 0.657. The number of rotatable bonds is 5. The van der Waals surface area contributed by atoms with E-state index >= 15 is 0 Å². The quantitative estimate of drug-likeness (QED) is 0.758. The lowest BCUT2D eigenvalue weighted by Gasteiger charge is -2.24. The molecule has 0 amide bonds. The van der Waals surface area contributed by atoms with Gasteiger partial charge in [-0.1, -0.05) is 18.6 Å². The van der Waals surface area contributed by atoms with Crippen molar-refractivity contribution in [3.8, 4) is 0 Å². The Morgan fingerprint density at radius 1 is 1.32 bits per heavy atom. The number of hydrogen-bond acceptors (Lipinski definition) is 4. The molecule has 5 nitrogen and oxygen atoms in total. The van der Waals surface area contributed by atoms with Gasteiger partial charge in [-0.05, 0) is 38.6 Å². The van der Waals surface area contributed by atoms with E-state index in [2.05, 4.69) is 15.4 Å². The van der Waals surface area contributed by atoms with E-state index < -0.39 is 10.0 Å². The second-order valence-electron chi connectivity index (χ2n) is 4.73. The van der Waals surface area contributed by atoms with E-state index in [-0.39, 0.29) is 0 Å². The Bertz CT molecular complexity index is 510. The molecule has 0 bridgehead atoms. The van der Waals surface area contributed by atoms with Gasteiger partial charge in [0, 0.05) is 12.6 Å². The highest BCUT2D eigenvalue weighted by atomic mass is 32.2. The maximum absolute atomic E-state index is 11.9. The van der Waals surface area contributed by atoms with Gasteiger partial charge in [0.1, 0.15) is 4.90 Å². The normalized spacial score (nSPS) is 20.2. The zero-order chi connectivity index (χ0) is 13.7. The van der Waals surface area contributed by atoms with Crippen molar-refractivity contribution in [1.82, 2.24) is 10.0 Å². The third-order valence-corrected chi connectivity index (χ3v) is 4.87. The highest BCUT2D eigenvalue weighted by Gasteiger charge is 2.17. The van der Waals surface area contributed by atoms with Crippen molar-refractivity contribution in [2.24, 2.45) is 0 Å². The van der Waals surface area contributed by atoms with Crippen molar-refractivity contribution in [2.45, 2.75) is 30.2 Å². The van der Waals surface area contributed by atoms with E-state index in [1.165, 1.54) is 19.9 Å². The largest absolute Gasteiger partial charge is 0.382 e. The van der Waals surface area contributed by atoms with Gasteiger partial charge in [0.2, 0.25) is 10.0 Å². The van der Waals surface area contributed by atoms with Gasteiger partial charge >= 0.3 is 0 Å². The van der Waals surface area contributed by atoms with Crippen LogP contribution >= 0.6 is 0 Å². The van der Waals surface area contributed by atoms with Crippen LogP contribution in [0.15, 0.2) is 29.2 Å². The third-order valence-electron chi connectivity index (χ3n) is 3.40. The van der Waals surface area contributed by atoms with Gasteiger partial charge in [-0.2, -0.15) is 0 Å². The van der Waals surface area contributed by atoms with Gasteiger partial charge in [-0.3, -0.25) is 0 Å². The van der Waals surface area contributed by atoms with Gasteiger partial charge in [0.25, 0.3) is 0 Å². The number of piperidine rings is 1. The molecule has 0 aliphatic carbocycles. The Hall–Kier alpha value is -1.11. The molecule has 0 radical (unpaired) electrons. The molecule has 2 rings (SSSR count). The van der Waals surface area contributed by atoms with Gasteiger partial charge in [-0.15, -0.1) is 0 Å². The van der Waals surface area contributed by atoms with Crippen LogP contribution in [0.5, 0.6) is 0 Å². The number of benzene rings is 1. The van der Waals surface area contributed by atoms with Crippen LogP contribution in [-0.2, 0) is 10.0 Å². The Labute approximate surface area is 114 Å². The molecular formula is C13H21N3O2S. The van der Waals surface area contributed by atoms with Crippen molar-refractivity contribution in [1.29, 1.82) is 0 Å². The average molecular weight is 283 g/mol. The molecule has 0 saturated carbocycles. The highest BCUT2D eigenvalue weighted by Crippen LogP contribution is 2.20. The maximum Gasteiger partial charge on any atom is 0.242 e. The van der Waals surface area contributed by atoms with Gasteiger partial charge < -0.3 is 10.6 Å². The molecule has 3 N–H and O–H groups in total. The molecule has 0 aromatic heterocycles. The van der Waals surface area contributed by atoms with E-state index in [1.807, 2.05) is 6.07 Å². The molecule has 1 aromatic rings. The molecule has 1 saturated heterocycles. The van der Waals surface area contributed by atoms with E-state index in [9.17, 15) is 8.42 Å². The summed E-state index contributed by atoms with van der Waals surface area (Å²) in [4.78, 5) is 0.299. The van der Waals surface area contributed by atoms with Crippen molar-refractivity contribution in [3.63, 3.8) is 0 Å². The van der Waals surface area contributed by atoms with E-state index in [0.29, 0.717) is 16.6 Å². The van der Waals surface area contributed by atoms with E-state index in [1.54, 1.807) is 18.2 Å². The minimum Gasteiger partial charge on any atom is -0.382 e. The standard InChI is InChI=1S/C13H21N3O2S/c1-14-19(17,18)13-8-3-2-7-12(13)16-10-11-6-4-5-9-15-11/h2-3,7-8,11,14-16H,4-6,9-10H2,1H3. The Morgan fingerprint density at radius 3 is 2.79 bits per heavy atom. The lowest BCUT2D eigenvalue weighted by Crippen LogP contribution is -2.39. The number of para-hydroxylation sites is 1. The smallest absolute Gasteiger partial charge is 0.242 e. The summed E-state index contributed by atoms with van der Waals surface area (Å²) in [6.45, 7) is 1.79. The maximum atomic E-state index is 11.9. The summed E-state index contributed by atoms with van der Waals surface area (Å²) in [6, 6.07) is 7.40. The number of anilines is 1. The average Bonchev–Trinajstić information content (AvgIpc) is 2.46. The van der Waals surface area contributed by atoms with Crippen LogP contribution in [-0.4, -0.2) is 34.6 Å². The predicted octanol–water partition coefficient (Wildman–Crippen LogP) is 1.15. The van der Waals surface area contributed by atoms with Crippen molar-refractivity contribution in [2.75, 3.05) is 25.5 Å². The molecule has 1 aliphatic heterocycles. The van der Waals surface area contributed by atoms with Gasteiger partial charge in [0.05, 0.1) is 5.69 Å². The molecule has 1 heterocycles. The molecule has 0 spiro atoms. The second-order valence-corrected chi connectivity index (χ2v) is 6.59. The topological polar surface area (TPSA) is 70.2 Å². The zero-order valence-corrected chi connectivity index (χ0v) is 12.0. The first-order valence-electron chi connectivity index (χ1n) is 6.63. The molecule has 19 heavy (non-hydrogen) atoms. The molecule has 1 unspecified atom stereocenters. The highest BCUT2D eigenvalue weighted by molar-refractivity contribution is 7.89. The lowest BCUT2D eigenvalue weighted by molar-refractivity contribution is 0.414. The van der Waals surface area contributed by atoms with Crippen LogP contribution in [0, 0.1) is 0 Å². The summed E-state index contributed by atoms with van der Waals surface area (Å²) in [6.07, 6.45) is 3.59. The zero-order valence-electron chi connectivity index (χ0n) is 11.1. The molecule has 106 valence electrons. The Kier molecular flexibility index (Phi) is 4.79. The third kappa shape index (κ3) is 3.68.